The quantitative estimate of drug-likeness (QED) is 0.464. The zero-order valence-corrected chi connectivity index (χ0v) is 12.1. The van der Waals surface area contributed by atoms with Gasteiger partial charge in [-0.05, 0) is 30.9 Å². The third-order valence-corrected chi connectivity index (χ3v) is 5.48. The molecule has 1 heterocycles. The molecule has 1 aliphatic heterocycles. The van der Waals surface area contributed by atoms with Gasteiger partial charge in [0, 0.05) is 25.8 Å². The molecule has 9 heteroatoms. The molecule has 0 radical (unpaired) electrons. The van der Waals surface area contributed by atoms with Gasteiger partial charge in [-0.3, -0.25) is 10.1 Å². The van der Waals surface area contributed by atoms with E-state index in [1.807, 2.05) is 0 Å². The second-order valence-electron chi connectivity index (χ2n) is 5.01. The van der Waals surface area contributed by atoms with E-state index in [2.05, 4.69) is 0 Å². The number of nitro benzene ring substituents is 1. The Morgan fingerprint density at radius 3 is 2.76 bits per heavy atom. The summed E-state index contributed by atoms with van der Waals surface area (Å²) < 4.78 is 26.2. The van der Waals surface area contributed by atoms with Gasteiger partial charge in [0.1, 0.15) is 5.69 Å². The summed E-state index contributed by atoms with van der Waals surface area (Å²) in [5, 5.41) is 19.6. The van der Waals surface area contributed by atoms with Crippen molar-refractivity contribution in [2.45, 2.75) is 17.7 Å². The molecule has 2 rings (SSSR count). The van der Waals surface area contributed by atoms with Gasteiger partial charge in [0.25, 0.3) is 5.69 Å². The van der Waals surface area contributed by atoms with E-state index in [0.29, 0.717) is 25.9 Å². The molecular formula is C12H17N3O5S. The fraction of sp³-hybridized carbons (Fsp3) is 0.500. The van der Waals surface area contributed by atoms with Gasteiger partial charge in [-0.2, -0.15) is 4.31 Å². The van der Waals surface area contributed by atoms with Gasteiger partial charge in [-0.1, -0.05) is 0 Å². The minimum absolute atomic E-state index is 0.0308. The summed E-state index contributed by atoms with van der Waals surface area (Å²) in [4.78, 5) is 10.00. The molecule has 1 saturated heterocycles. The van der Waals surface area contributed by atoms with E-state index < -0.39 is 14.9 Å². The molecular weight excluding hydrogens is 298 g/mol. The van der Waals surface area contributed by atoms with Crippen LogP contribution in [0, 0.1) is 16.0 Å². The average Bonchev–Trinajstić information content (AvgIpc) is 2.88. The molecule has 21 heavy (non-hydrogen) atoms. The molecule has 0 aliphatic carbocycles. The number of benzene rings is 1. The number of aliphatic hydroxyl groups is 1. The van der Waals surface area contributed by atoms with Crippen LogP contribution < -0.4 is 5.73 Å². The van der Waals surface area contributed by atoms with E-state index >= 15 is 0 Å². The molecule has 116 valence electrons. The Balaban J connectivity index is 2.24. The van der Waals surface area contributed by atoms with Crippen LogP contribution >= 0.6 is 0 Å². The number of nitrogens with zero attached hydrogens (tertiary/aromatic N) is 2. The molecule has 0 spiro atoms. The Labute approximate surface area is 122 Å². The van der Waals surface area contributed by atoms with Crippen molar-refractivity contribution in [3.63, 3.8) is 0 Å². The molecule has 0 saturated carbocycles. The van der Waals surface area contributed by atoms with Gasteiger partial charge in [-0.25, -0.2) is 8.42 Å². The molecule has 1 aromatic carbocycles. The maximum Gasteiger partial charge on any atom is 0.292 e. The van der Waals surface area contributed by atoms with Gasteiger partial charge in [0.15, 0.2) is 0 Å². The van der Waals surface area contributed by atoms with Crippen LogP contribution in [-0.4, -0.2) is 42.4 Å². The molecule has 1 unspecified atom stereocenters. The number of hydrogen-bond acceptors (Lipinski definition) is 6. The van der Waals surface area contributed by atoms with Crippen LogP contribution in [0.1, 0.15) is 12.8 Å². The van der Waals surface area contributed by atoms with Crippen molar-refractivity contribution in [2.24, 2.45) is 5.92 Å². The Bertz CT molecular complexity index is 646. The van der Waals surface area contributed by atoms with Crippen molar-refractivity contribution < 1.29 is 18.4 Å². The fourth-order valence-corrected chi connectivity index (χ4v) is 4.01. The third-order valence-electron chi connectivity index (χ3n) is 3.62. The highest BCUT2D eigenvalue weighted by atomic mass is 32.2. The van der Waals surface area contributed by atoms with Gasteiger partial charge in [-0.15, -0.1) is 0 Å². The summed E-state index contributed by atoms with van der Waals surface area (Å²) in [6.07, 6.45) is 1.26. The number of nitrogen functional groups attached to an aromatic ring is 1. The monoisotopic (exact) mass is 315 g/mol. The molecule has 1 aromatic rings. The van der Waals surface area contributed by atoms with Crippen LogP contribution in [0.2, 0.25) is 0 Å². The van der Waals surface area contributed by atoms with E-state index in [1.54, 1.807) is 0 Å². The van der Waals surface area contributed by atoms with Gasteiger partial charge < -0.3 is 10.8 Å². The van der Waals surface area contributed by atoms with Crippen molar-refractivity contribution in [1.82, 2.24) is 4.31 Å². The number of nitro groups is 1. The molecule has 1 fully saturated rings. The Kier molecular flexibility index (Phi) is 4.45. The van der Waals surface area contributed by atoms with E-state index in [-0.39, 0.29) is 28.8 Å². The molecule has 1 atom stereocenters. The van der Waals surface area contributed by atoms with E-state index in [9.17, 15) is 18.5 Å². The lowest BCUT2D eigenvalue weighted by molar-refractivity contribution is -0.383. The summed E-state index contributed by atoms with van der Waals surface area (Å²) in [6.45, 7) is 0.757. The normalized spacial score (nSPS) is 19.8. The van der Waals surface area contributed by atoms with Gasteiger partial charge in [0.05, 0.1) is 9.82 Å². The van der Waals surface area contributed by atoms with Crippen LogP contribution in [0.15, 0.2) is 23.1 Å². The number of sulfonamides is 1. The predicted octanol–water partition coefficient (Wildman–Crippen LogP) is 0.570. The van der Waals surface area contributed by atoms with Crippen molar-refractivity contribution in [3.05, 3.63) is 28.3 Å². The van der Waals surface area contributed by atoms with Gasteiger partial charge in [0.2, 0.25) is 10.0 Å². The predicted molar refractivity (Wildman–Crippen MR) is 76.1 cm³/mol. The van der Waals surface area contributed by atoms with Gasteiger partial charge >= 0.3 is 0 Å². The number of rotatable bonds is 5. The standard InChI is InChI=1S/C12H17N3O5S/c13-11-7-10(1-2-12(11)15(17)18)21(19,20)14-5-3-9(8-14)4-6-16/h1-2,7,9,16H,3-6,8,13H2. The van der Waals surface area contributed by atoms with Crippen LogP contribution in [0.25, 0.3) is 0 Å². The SMILES string of the molecule is Nc1cc(S(=O)(=O)N2CCC(CCO)C2)ccc1[N+](=O)[O-]. The van der Waals surface area contributed by atoms with Crippen LogP contribution in [0.4, 0.5) is 11.4 Å². The first-order chi connectivity index (χ1) is 9.86. The number of aliphatic hydroxyl groups excluding tert-OH is 1. The summed E-state index contributed by atoms with van der Waals surface area (Å²) in [6, 6.07) is 3.42. The average molecular weight is 315 g/mol. The van der Waals surface area contributed by atoms with Crippen molar-refractivity contribution in [3.8, 4) is 0 Å². The number of hydrogen-bond donors (Lipinski definition) is 2. The first kappa shape index (κ1) is 15.7. The molecule has 3 N–H and O–H groups in total. The minimum Gasteiger partial charge on any atom is -0.396 e. The first-order valence-corrected chi connectivity index (χ1v) is 7.95. The van der Waals surface area contributed by atoms with Crippen molar-refractivity contribution in [1.29, 1.82) is 0 Å². The van der Waals surface area contributed by atoms with Crippen molar-refractivity contribution >= 4 is 21.4 Å². The number of nitrogens with two attached hydrogens (primary N) is 1. The Hall–Kier alpha value is -1.71. The second-order valence-corrected chi connectivity index (χ2v) is 6.95. The van der Waals surface area contributed by atoms with E-state index in [0.717, 1.165) is 12.1 Å². The largest absolute Gasteiger partial charge is 0.396 e. The third kappa shape index (κ3) is 3.14. The fourth-order valence-electron chi connectivity index (χ4n) is 2.44. The zero-order chi connectivity index (χ0) is 15.6. The summed E-state index contributed by atoms with van der Waals surface area (Å²) in [5.74, 6) is 0.139. The van der Waals surface area contributed by atoms with Crippen molar-refractivity contribution in [2.75, 3.05) is 25.4 Å². The molecule has 0 amide bonds. The lowest BCUT2D eigenvalue weighted by Gasteiger charge is -2.16. The van der Waals surface area contributed by atoms with E-state index in [4.69, 9.17) is 10.8 Å². The highest BCUT2D eigenvalue weighted by molar-refractivity contribution is 7.89. The Morgan fingerprint density at radius 1 is 1.48 bits per heavy atom. The lowest BCUT2D eigenvalue weighted by Crippen LogP contribution is -2.29. The summed E-state index contributed by atoms with van der Waals surface area (Å²) in [5.41, 5.74) is 5.05. The maximum absolute atomic E-state index is 12.5. The maximum atomic E-state index is 12.5. The van der Waals surface area contributed by atoms with E-state index in [1.165, 1.54) is 10.4 Å². The topological polar surface area (TPSA) is 127 Å². The van der Waals surface area contributed by atoms with Crippen LogP contribution in [-0.2, 0) is 10.0 Å². The molecule has 0 aromatic heterocycles. The lowest BCUT2D eigenvalue weighted by atomic mass is 10.1. The smallest absolute Gasteiger partial charge is 0.292 e. The summed E-state index contributed by atoms with van der Waals surface area (Å²) >= 11 is 0. The number of anilines is 1. The highest BCUT2D eigenvalue weighted by Gasteiger charge is 2.32. The molecule has 1 aliphatic rings. The molecule has 8 nitrogen and oxygen atoms in total. The summed E-state index contributed by atoms with van der Waals surface area (Å²) in [7, 11) is -3.71. The minimum atomic E-state index is -3.71. The van der Waals surface area contributed by atoms with Crippen LogP contribution in [0.3, 0.4) is 0 Å². The van der Waals surface area contributed by atoms with Crippen LogP contribution in [0.5, 0.6) is 0 Å². The molecule has 0 bridgehead atoms. The highest BCUT2D eigenvalue weighted by Crippen LogP contribution is 2.29. The Morgan fingerprint density at radius 2 is 2.19 bits per heavy atom. The first-order valence-electron chi connectivity index (χ1n) is 6.51. The second kappa shape index (κ2) is 5.96. The zero-order valence-electron chi connectivity index (χ0n) is 11.3.